The Morgan fingerprint density at radius 2 is 1.61 bits per heavy atom. The number of aromatic amines is 1. The minimum Gasteiger partial charge on any atom is -0.497 e. The van der Waals surface area contributed by atoms with E-state index in [0.29, 0.717) is 11.7 Å². The van der Waals surface area contributed by atoms with Crippen molar-refractivity contribution in [3.05, 3.63) is 60.4 Å². The highest BCUT2D eigenvalue weighted by Gasteiger charge is 2.38. The zero-order valence-electron chi connectivity index (χ0n) is 20.5. The maximum absolute atomic E-state index is 12.2. The number of fused-ring (bicyclic) bond motifs is 1. The third kappa shape index (κ3) is 10.7. The number of amides is 2. The van der Waals surface area contributed by atoms with E-state index in [1.165, 1.54) is 11.3 Å². The number of methoxy groups -OCH3 is 1. The van der Waals surface area contributed by atoms with Crippen LogP contribution in [0.3, 0.4) is 0 Å². The second-order valence-electron chi connectivity index (χ2n) is 7.45. The second kappa shape index (κ2) is 14.0. The first-order chi connectivity index (χ1) is 19.1. The molecule has 0 saturated heterocycles. The number of carboxylic acid groups (broad SMARTS) is 2. The number of anilines is 1. The number of ether oxygens (including phenoxy) is 1. The van der Waals surface area contributed by atoms with Crippen LogP contribution < -0.4 is 15.4 Å². The van der Waals surface area contributed by atoms with Gasteiger partial charge in [0.25, 0.3) is 0 Å². The number of aliphatic carboxylic acids is 2. The van der Waals surface area contributed by atoms with E-state index >= 15 is 0 Å². The smallest absolute Gasteiger partial charge is 0.490 e. The van der Waals surface area contributed by atoms with Gasteiger partial charge in [0.1, 0.15) is 5.75 Å². The van der Waals surface area contributed by atoms with Crippen molar-refractivity contribution in [2.45, 2.75) is 18.9 Å². The Bertz CT molecular complexity index is 1450. The maximum Gasteiger partial charge on any atom is 0.490 e. The number of nitrogens with one attached hydrogen (secondary N) is 3. The second-order valence-corrected chi connectivity index (χ2v) is 8.48. The Morgan fingerprint density at radius 3 is 2.15 bits per heavy atom. The predicted molar refractivity (Wildman–Crippen MR) is 133 cm³/mol. The molecule has 0 unspecified atom stereocenters. The van der Waals surface area contributed by atoms with Crippen molar-refractivity contribution in [1.82, 2.24) is 20.5 Å². The molecule has 0 aliphatic heterocycles. The Hall–Kier alpha value is -4.87. The first-order valence-corrected chi connectivity index (χ1v) is 11.6. The predicted octanol–water partition coefficient (Wildman–Crippen LogP) is 5.28. The molecule has 0 aliphatic rings. The number of carbonyl (C=O) groups excluding carboxylic acids is 1. The molecule has 11 nitrogen and oxygen atoms in total. The van der Waals surface area contributed by atoms with Gasteiger partial charge in [0.15, 0.2) is 5.13 Å². The highest BCUT2D eigenvalue weighted by atomic mass is 32.1. The third-order valence-corrected chi connectivity index (χ3v) is 5.45. The summed E-state index contributed by atoms with van der Waals surface area (Å²) >= 11 is 1.43. The number of carboxylic acids is 2. The lowest BCUT2D eigenvalue weighted by Gasteiger charge is -2.07. The number of rotatable bonds is 5. The van der Waals surface area contributed by atoms with E-state index in [0.717, 1.165) is 32.7 Å². The van der Waals surface area contributed by atoms with Crippen molar-refractivity contribution >= 4 is 44.7 Å². The molecule has 0 saturated carbocycles. The van der Waals surface area contributed by atoms with Gasteiger partial charge in [0.05, 0.1) is 23.5 Å². The number of hydrogen-bond acceptors (Lipinski definition) is 7. The fourth-order valence-electron chi connectivity index (χ4n) is 2.67. The van der Waals surface area contributed by atoms with E-state index in [2.05, 4.69) is 25.8 Å². The van der Waals surface area contributed by atoms with E-state index < -0.39 is 24.3 Å². The van der Waals surface area contributed by atoms with Crippen LogP contribution in [0.15, 0.2) is 54.9 Å². The van der Waals surface area contributed by atoms with Crippen LogP contribution in [0.1, 0.15) is 5.56 Å². The van der Waals surface area contributed by atoms with Crippen LogP contribution in [-0.4, -0.2) is 62.8 Å². The molecule has 0 radical (unpaired) electrons. The van der Waals surface area contributed by atoms with E-state index in [1.807, 2.05) is 48.7 Å². The first kappa shape index (κ1) is 32.3. The zero-order chi connectivity index (χ0) is 30.8. The Kier molecular flexibility index (Phi) is 11.0. The molecule has 2 aromatic carbocycles. The summed E-state index contributed by atoms with van der Waals surface area (Å²) in [5, 5.41) is 27.2. The van der Waals surface area contributed by atoms with Gasteiger partial charge in [-0.2, -0.15) is 31.4 Å². The van der Waals surface area contributed by atoms with Gasteiger partial charge in [-0.3, -0.25) is 10.4 Å². The summed E-state index contributed by atoms with van der Waals surface area (Å²) in [7, 11) is 1.62. The lowest BCUT2D eigenvalue weighted by Crippen LogP contribution is -2.28. The topological polar surface area (TPSA) is 167 Å². The average molecular weight is 607 g/mol. The normalized spacial score (nSPS) is 10.9. The number of nitrogens with zero attached hydrogens (tertiary/aromatic N) is 2. The molecule has 41 heavy (non-hydrogen) atoms. The van der Waals surface area contributed by atoms with Crippen molar-refractivity contribution in [2.24, 2.45) is 0 Å². The molecule has 220 valence electrons. The summed E-state index contributed by atoms with van der Waals surface area (Å²) < 4.78 is 69.7. The summed E-state index contributed by atoms with van der Waals surface area (Å²) in [6.45, 7) is 0.401. The summed E-state index contributed by atoms with van der Waals surface area (Å²) in [6, 6.07) is 13.2. The van der Waals surface area contributed by atoms with Gasteiger partial charge in [-0.15, -0.1) is 0 Å². The lowest BCUT2D eigenvalue weighted by molar-refractivity contribution is -0.193. The van der Waals surface area contributed by atoms with Crippen LogP contribution in [0.25, 0.3) is 21.3 Å². The maximum atomic E-state index is 12.2. The van der Waals surface area contributed by atoms with Crippen LogP contribution in [0.5, 0.6) is 5.75 Å². The largest absolute Gasteiger partial charge is 0.497 e. The van der Waals surface area contributed by atoms with Crippen molar-refractivity contribution in [1.29, 1.82) is 0 Å². The molecule has 2 aromatic heterocycles. The Balaban J connectivity index is 0.000000349. The number of halogens is 6. The highest BCUT2D eigenvalue weighted by Crippen LogP contribution is 2.30. The van der Waals surface area contributed by atoms with Crippen molar-refractivity contribution < 1.29 is 55.7 Å². The molecule has 2 amide bonds. The SMILES string of the molecule is COc1cccc(CNC(=O)Nc2nc3ccc(-c4cn[nH]c4)cc3s2)c1.O=C(O)C(F)(F)F.O=C(O)C(F)(F)F. The fourth-order valence-corrected chi connectivity index (χ4v) is 3.57. The summed E-state index contributed by atoms with van der Waals surface area (Å²) in [5.74, 6) is -4.76. The van der Waals surface area contributed by atoms with Crippen LogP contribution in [0.2, 0.25) is 0 Å². The molecule has 4 aromatic rings. The van der Waals surface area contributed by atoms with Crippen LogP contribution in [-0.2, 0) is 16.1 Å². The van der Waals surface area contributed by atoms with E-state index in [1.54, 1.807) is 13.3 Å². The van der Waals surface area contributed by atoms with Gasteiger partial charge in [-0.25, -0.2) is 19.4 Å². The molecule has 18 heteroatoms. The van der Waals surface area contributed by atoms with Crippen LogP contribution in [0, 0.1) is 0 Å². The number of H-pyrrole nitrogens is 1. The van der Waals surface area contributed by atoms with Gasteiger partial charge in [0.2, 0.25) is 0 Å². The molecule has 4 rings (SSSR count). The summed E-state index contributed by atoms with van der Waals surface area (Å²) in [4.78, 5) is 34.4. The summed E-state index contributed by atoms with van der Waals surface area (Å²) in [6.07, 6.45) is -6.55. The third-order valence-electron chi connectivity index (χ3n) is 4.51. The van der Waals surface area contributed by atoms with Crippen LogP contribution >= 0.6 is 11.3 Å². The zero-order valence-corrected chi connectivity index (χ0v) is 21.3. The monoisotopic (exact) mass is 607 g/mol. The Labute approximate surface area is 229 Å². The lowest BCUT2D eigenvalue weighted by atomic mass is 10.1. The number of benzene rings is 2. The van der Waals surface area contributed by atoms with Crippen molar-refractivity contribution in [3.63, 3.8) is 0 Å². The molecule has 0 atom stereocenters. The Morgan fingerprint density at radius 1 is 0.976 bits per heavy atom. The number of thiazole rings is 1. The fraction of sp³-hybridized carbons (Fsp3) is 0.174. The molecular formula is C23H19F6N5O6S. The van der Waals surface area contributed by atoms with Gasteiger partial charge >= 0.3 is 30.3 Å². The van der Waals surface area contributed by atoms with Crippen molar-refractivity contribution in [2.75, 3.05) is 12.4 Å². The molecule has 5 N–H and O–H groups in total. The summed E-state index contributed by atoms with van der Waals surface area (Å²) in [5.41, 5.74) is 3.86. The average Bonchev–Trinajstić information content (AvgIpc) is 3.56. The van der Waals surface area contributed by atoms with Gasteiger partial charge in [-0.05, 0) is 35.4 Å². The first-order valence-electron chi connectivity index (χ1n) is 10.8. The van der Waals surface area contributed by atoms with Crippen LogP contribution in [0.4, 0.5) is 36.3 Å². The van der Waals surface area contributed by atoms with E-state index in [-0.39, 0.29) is 6.03 Å². The minimum absolute atomic E-state index is 0.299. The van der Waals surface area contributed by atoms with Gasteiger partial charge < -0.3 is 20.3 Å². The standard InChI is InChI=1S/C19H17N5O2S.2C2HF3O2/c1-26-15-4-2-3-12(7-15)9-20-18(25)24-19-23-16-6-5-13(8-17(16)27-19)14-10-21-22-11-14;2*3-2(4,5)1(6)7/h2-8,10-11H,9H2,1H3,(H,21,22)(H2,20,23,24,25);2*(H,6,7). The van der Waals surface area contributed by atoms with Gasteiger partial charge in [-0.1, -0.05) is 29.5 Å². The molecule has 0 bridgehead atoms. The molecule has 0 fully saturated rings. The van der Waals surface area contributed by atoms with Crippen molar-refractivity contribution in [3.8, 4) is 16.9 Å². The molecule has 2 heterocycles. The quantitative estimate of drug-likeness (QED) is 0.191. The number of aromatic nitrogens is 3. The number of urea groups is 1. The number of hydrogen-bond donors (Lipinski definition) is 5. The number of alkyl halides is 6. The van der Waals surface area contributed by atoms with E-state index in [4.69, 9.17) is 24.5 Å². The highest BCUT2D eigenvalue weighted by molar-refractivity contribution is 7.22. The number of carbonyl (C=O) groups is 3. The minimum atomic E-state index is -5.08. The molecule has 0 aliphatic carbocycles. The van der Waals surface area contributed by atoms with E-state index in [9.17, 15) is 31.1 Å². The van der Waals surface area contributed by atoms with Gasteiger partial charge in [0, 0.05) is 18.3 Å². The molecular weight excluding hydrogens is 588 g/mol. The molecule has 0 spiro atoms.